The summed E-state index contributed by atoms with van der Waals surface area (Å²) in [6.45, 7) is 1.17. The largest absolute Gasteiger partial charge is 0.336 e. The van der Waals surface area contributed by atoms with Crippen molar-refractivity contribution < 1.29 is 13.2 Å². The summed E-state index contributed by atoms with van der Waals surface area (Å²) in [5, 5.41) is 10.0. The molecule has 2 aromatic rings. The van der Waals surface area contributed by atoms with Crippen LogP contribution in [0.3, 0.4) is 0 Å². The number of benzene rings is 2. The van der Waals surface area contributed by atoms with Crippen LogP contribution in [0, 0.1) is 11.3 Å². The second-order valence-corrected chi connectivity index (χ2v) is 7.96. The fourth-order valence-corrected chi connectivity index (χ4v) is 4.00. The quantitative estimate of drug-likeness (QED) is 0.814. The minimum Gasteiger partial charge on any atom is -0.336 e. The maximum absolute atomic E-state index is 12.5. The zero-order valence-electron chi connectivity index (χ0n) is 14.7. The van der Waals surface area contributed by atoms with Gasteiger partial charge in [-0.15, -0.1) is 0 Å². The van der Waals surface area contributed by atoms with Crippen molar-refractivity contribution >= 4 is 22.0 Å². The van der Waals surface area contributed by atoms with Gasteiger partial charge in [0.15, 0.2) is 0 Å². The molecule has 0 atom stereocenters. The van der Waals surface area contributed by atoms with E-state index in [9.17, 15) is 13.2 Å². The first-order valence-corrected chi connectivity index (χ1v) is 10.0. The average Bonchev–Trinajstić information content (AvgIpc) is 2.73. The number of carbonyl (C=O) groups is 1. The van der Waals surface area contributed by atoms with Crippen molar-refractivity contribution in [2.75, 3.05) is 26.2 Å². The second kappa shape index (κ2) is 8.16. The van der Waals surface area contributed by atoms with E-state index in [2.05, 4.69) is 0 Å². The Morgan fingerprint density at radius 1 is 0.963 bits per heavy atom. The lowest BCUT2D eigenvalue weighted by Crippen LogP contribution is -2.50. The van der Waals surface area contributed by atoms with E-state index in [0.717, 1.165) is 5.56 Å². The summed E-state index contributed by atoms with van der Waals surface area (Å²) < 4.78 is 26.3. The fraction of sp³-hybridized carbons (Fsp3) is 0.200. The van der Waals surface area contributed by atoms with Crippen LogP contribution in [0.1, 0.15) is 21.5 Å². The molecule has 3 rings (SSSR count). The number of piperazine rings is 1. The van der Waals surface area contributed by atoms with Gasteiger partial charge in [-0.3, -0.25) is 4.79 Å². The topological polar surface area (TPSA) is 81.5 Å². The first-order chi connectivity index (χ1) is 13.0. The van der Waals surface area contributed by atoms with E-state index in [4.69, 9.17) is 5.26 Å². The van der Waals surface area contributed by atoms with Crippen LogP contribution >= 0.6 is 0 Å². The molecule has 138 valence electrons. The Morgan fingerprint density at radius 3 is 2.19 bits per heavy atom. The molecule has 0 aromatic heterocycles. The van der Waals surface area contributed by atoms with E-state index in [1.165, 1.54) is 9.71 Å². The van der Waals surface area contributed by atoms with Gasteiger partial charge in [0.1, 0.15) is 0 Å². The molecule has 1 amide bonds. The average molecular weight is 381 g/mol. The monoisotopic (exact) mass is 381 g/mol. The molecule has 1 saturated heterocycles. The zero-order chi connectivity index (χ0) is 19.3. The number of hydrogen-bond acceptors (Lipinski definition) is 4. The third-order valence-corrected chi connectivity index (χ3v) is 5.94. The van der Waals surface area contributed by atoms with Gasteiger partial charge in [-0.25, -0.2) is 8.42 Å². The Labute approximate surface area is 159 Å². The minimum absolute atomic E-state index is 0.156. The van der Waals surface area contributed by atoms with Crippen molar-refractivity contribution in [1.29, 1.82) is 5.26 Å². The van der Waals surface area contributed by atoms with E-state index in [0.29, 0.717) is 24.2 Å². The Hall–Kier alpha value is -2.95. The highest BCUT2D eigenvalue weighted by Gasteiger charge is 2.27. The standard InChI is InChI=1S/C20H19N3O3S/c21-16-18-6-8-19(9-7-18)20(24)22-11-13-23(14-12-22)27(25,26)15-10-17-4-2-1-3-5-17/h1-10,15H,11-14H2. The van der Waals surface area contributed by atoms with E-state index in [1.54, 1.807) is 35.2 Å². The third-order valence-electron chi connectivity index (χ3n) is 4.38. The molecule has 2 aromatic carbocycles. The SMILES string of the molecule is N#Cc1ccc(C(=O)N2CCN(S(=O)(=O)C=Cc3ccccc3)CC2)cc1. The molecule has 0 N–H and O–H groups in total. The Balaban J connectivity index is 1.61. The van der Waals surface area contributed by atoms with Crippen molar-refractivity contribution in [2.45, 2.75) is 0 Å². The summed E-state index contributed by atoms with van der Waals surface area (Å²) in [5.41, 5.74) is 1.80. The molecular formula is C20H19N3O3S. The predicted molar refractivity (Wildman–Crippen MR) is 103 cm³/mol. The normalized spacial score (nSPS) is 15.6. The maximum atomic E-state index is 12.5. The molecule has 6 nitrogen and oxygen atoms in total. The Bertz CT molecular complexity index is 969. The third kappa shape index (κ3) is 4.61. The summed E-state index contributed by atoms with van der Waals surface area (Å²) in [6, 6.07) is 17.7. The van der Waals surface area contributed by atoms with Gasteiger partial charge in [-0.05, 0) is 35.9 Å². The van der Waals surface area contributed by atoms with E-state index >= 15 is 0 Å². The van der Waals surface area contributed by atoms with Crippen molar-refractivity contribution in [2.24, 2.45) is 0 Å². The molecule has 1 aliphatic rings. The van der Waals surface area contributed by atoms with Crippen LogP contribution in [-0.2, 0) is 10.0 Å². The number of amides is 1. The van der Waals surface area contributed by atoms with Gasteiger partial charge in [-0.1, -0.05) is 30.3 Å². The maximum Gasteiger partial charge on any atom is 0.253 e. The van der Waals surface area contributed by atoms with Crippen molar-refractivity contribution in [3.63, 3.8) is 0 Å². The van der Waals surface area contributed by atoms with Crippen molar-refractivity contribution in [1.82, 2.24) is 9.21 Å². The summed E-state index contributed by atoms with van der Waals surface area (Å²) in [7, 11) is -3.53. The lowest BCUT2D eigenvalue weighted by molar-refractivity contribution is 0.0698. The van der Waals surface area contributed by atoms with Crippen LogP contribution in [0.4, 0.5) is 0 Å². The highest BCUT2D eigenvalue weighted by atomic mass is 32.2. The summed E-state index contributed by atoms with van der Waals surface area (Å²) >= 11 is 0. The minimum atomic E-state index is -3.53. The summed E-state index contributed by atoms with van der Waals surface area (Å²) in [6.07, 6.45) is 1.57. The molecule has 0 saturated carbocycles. The molecule has 0 unspecified atom stereocenters. The molecule has 1 heterocycles. The fourth-order valence-electron chi connectivity index (χ4n) is 2.83. The van der Waals surface area contributed by atoms with E-state index < -0.39 is 10.0 Å². The van der Waals surface area contributed by atoms with Crippen molar-refractivity contribution in [3.8, 4) is 6.07 Å². The van der Waals surface area contributed by atoms with E-state index in [-0.39, 0.29) is 19.0 Å². The van der Waals surface area contributed by atoms with Crippen LogP contribution in [0.25, 0.3) is 6.08 Å². The van der Waals surface area contributed by atoms with Gasteiger partial charge in [0.25, 0.3) is 5.91 Å². The van der Waals surface area contributed by atoms with E-state index in [1.807, 2.05) is 36.4 Å². The second-order valence-electron chi connectivity index (χ2n) is 6.14. The molecule has 0 aliphatic carbocycles. The van der Waals surface area contributed by atoms with Gasteiger partial charge in [0.2, 0.25) is 10.0 Å². The molecule has 0 radical (unpaired) electrons. The molecule has 27 heavy (non-hydrogen) atoms. The van der Waals surface area contributed by atoms with Gasteiger partial charge in [0, 0.05) is 37.2 Å². The smallest absolute Gasteiger partial charge is 0.253 e. The molecule has 0 bridgehead atoms. The van der Waals surface area contributed by atoms with Crippen LogP contribution in [0.15, 0.2) is 60.0 Å². The van der Waals surface area contributed by atoms with Gasteiger partial charge < -0.3 is 4.90 Å². The summed E-state index contributed by atoms with van der Waals surface area (Å²) in [5.74, 6) is -0.156. The van der Waals surface area contributed by atoms with Crippen LogP contribution in [-0.4, -0.2) is 49.7 Å². The summed E-state index contributed by atoms with van der Waals surface area (Å²) in [4.78, 5) is 14.2. The van der Waals surface area contributed by atoms with Crippen LogP contribution in [0.2, 0.25) is 0 Å². The highest BCUT2D eigenvalue weighted by molar-refractivity contribution is 7.92. The number of rotatable bonds is 4. The van der Waals surface area contributed by atoms with Gasteiger partial charge >= 0.3 is 0 Å². The molecule has 1 aliphatic heterocycles. The lowest BCUT2D eigenvalue weighted by Gasteiger charge is -2.33. The number of hydrogen-bond donors (Lipinski definition) is 0. The number of nitrogens with zero attached hydrogens (tertiary/aromatic N) is 3. The number of carbonyl (C=O) groups excluding carboxylic acids is 1. The van der Waals surface area contributed by atoms with Crippen LogP contribution < -0.4 is 0 Å². The van der Waals surface area contributed by atoms with Crippen molar-refractivity contribution in [3.05, 3.63) is 76.7 Å². The molecular weight excluding hydrogens is 362 g/mol. The van der Waals surface area contributed by atoms with Gasteiger partial charge in [-0.2, -0.15) is 9.57 Å². The van der Waals surface area contributed by atoms with Gasteiger partial charge in [0.05, 0.1) is 11.6 Å². The first kappa shape index (κ1) is 18.8. The number of sulfonamides is 1. The predicted octanol–water partition coefficient (Wildman–Crippen LogP) is 2.32. The molecule has 1 fully saturated rings. The molecule has 7 heteroatoms. The number of nitriles is 1. The highest BCUT2D eigenvalue weighted by Crippen LogP contribution is 2.14. The zero-order valence-corrected chi connectivity index (χ0v) is 15.5. The Kier molecular flexibility index (Phi) is 5.69. The Morgan fingerprint density at radius 2 is 1.59 bits per heavy atom. The molecule has 0 spiro atoms. The lowest BCUT2D eigenvalue weighted by atomic mass is 10.1. The first-order valence-electron chi connectivity index (χ1n) is 8.52. The van der Waals surface area contributed by atoms with Crippen LogP contribution in [0.5, 0.6) is 0 Å².